The number of anilines is 1. The molecule has 0 N–H and O–H groups in total. The van der Waals surface area contributed by atoms with Gasteiger partial charge in [-0.3, -0.25) is 14.7 Å². The average Bonchev–Trinajstić information content (AvgIpc) is 3.85. The van der Waals surface area contributed by atoms with Gasteiger partial charge in [0.25, 0.3) is 0 Å². The molecule has 3 fully saturated rings. The summed E-state index contributed by atoms with van der Waals surface area (Å²) in [5, 5.41) is 2.35. The Morgan fingerprint density at radius 1 is 1.12 bits per heavy atom. The Bertz CT molecular complexity index is 2180. The molecule has 3 saturated heterocycles. The number of carbonyl (C=O) groups is 1. The second-order valence-electron chi connectivity index (χ2n) is 13.4. The summed E-state index contributed by atoms with van der Waals surface area (Å²) in [6.45, 7) is 2.12. The van der Waals surface area contributed by atoms with Gasteiger partial charge in [-0.15, -0.1) is 0 Å². The Morgan fingerprint density at radius 3 is 2.80 bits per heavy atom. The summed E-state index contributed by atoms with van der Waals surface area (Å²) in [6.07, 6.45) is 8.18. The van der Waals surface area contributed by atoms with E-state index in [-0.39, 0.29) is 41.5 Å². The molecule has 0 spiro atoms. The van der Waals surface area contributed by atoms with Crippen LogP contribution in [0.15, 0.2) is 61.2 Å². The molecule has 0 unspecified atom stereocenters. The van der Waals surface area contributed by atoms with E-state index in [0.717, 1.165) is 31.0 Å². The third-order valence-corrected chi connectivity index (χ3v) is 10.7. The standard InChI is InChI=1S/C37H34ClF3N8O2/c1-47(24-11-14-48(19-24)30(50)10-9-29-28(40)17-42-21-44-29)35-26-16-43-33(25-7-2-5-22-6-3-8-27(38)31(22)25)32(41)34(26)45-36(46-35)51-20-37-12-4-13-49(37)18-23(39)15-37/h2-3,5-10,16-17,21,23-24H,4,11-15,18-20H2,1H3/t23-,24-,37+/m1/s1. The van der Waals surface area contributed by atoms with Gasteiger partial charge in [0.2, 0.25) is 5.91 Å². The highest BCUT2D eigenvalue weighted by atomic mass is 35.5. The van der Waals surface area contributed by atoms with Crippen LogP contribution in [0.5, 0.6) is 6.01 Å². The van der Waals surface area contributed by atoms with E-state index >= 15 is 4.39 Å². The van der Waals surface area contributed by atoms with Gasteiger partial charge in [-0.2, -0.15) is 9.97 Å². The van der Waals surface area contributed by atoms with Crippen molar-refractivity contribution in [2.75, 3.05) is 44.7 Å². The molecule has 0 aliphatic carbocycles. The maximum atomic E-state index is 16.8. The van der Waals surface area contributed by atoms with Crippen molar-refractivity contribution in [3.8, 4) is 17.3 Å². The van der Waals surface area contributed by atoms with Gasteiger partial charge in [-0.1, -0.05) is 41.9 Å². The van der Waals surface area contributed by atoms with E-state index in [0.29, 0.717) is 59.7 Å². The molecule has 8 rings (SSSR count). The molecule has 3 aliphatic heterocycles. The van der Waals surface area contributed by atoms with Gasteiger partial charge in [0.1, 0.15) is 41.8 Å². The van der Waals surface area contributed by atoms with Crippen LogP contribution in [0.2, 0.25) is 5.02 Å². The summed E-state index contributed by atoms with van der Waals surface area (Å²) < 4.78 is 51.6. The fourth-order valence-corrected chi connectivity index (χ4v) is 8.10. The number of alkyl halides is 1. The first kappa shape index (κ1) is 33.3. The molecule has 0 radical (unpaired) electrons. The zero-order valence-corrected chi connectivity index (χ0v) is 28.5. The third kappa shape index (κ3) is 6.12. The number of aromatic nitrogens is 5. The molecule has 2 aromatic carbocycles. The average molecular weight is 715 g/mol. The lowest BCUT2D eigenvalue weighted by atomic mass is 9.95. The maximum absolute atomic E-state index is 16.8. The number of likely N-dealkylation sites (N-methyl/N-ethyl adjacent to an activating group) is 1. The van der Waals surface area contributed by atoms with Crippen molar-refractivity contribution in [3.63, 3.8) is 0 Å². The second kappa shape index (κ2) is 13.3. The van der Waals surface area contributed by atoms with Crippen molar-refractivity contribution in [3.05, 3.63) is 83.5 Å². The Labute approximate surface area is 296 Å². The molecule has 3 atom stereocenters. The van der Waals surface area contributed by atoms with E-state index in [1.165, 1.54) is 18.5 Å². The fraction of sp³-hybridized carbons (Fsp3) is 0.351. The molecule has 0 saturated carbocycles. The molecule has 10 nitrogen and oxygen atoms in total. The number of pyridine rings is 1. The van der Waals surface area contributed by atoms with Crippen molar-refractivity contribution in [2.24, 2.45) is 0 Å². The lowest BCUT2D eigenvalue weighted by Gasteiger charge is -2.31. The SMILES string of the molecule is CN(c1nc(OC[C@@]23CCCN2C[C@H](F)C3)nc2c(F)c(-c3cccc4cccc(Cl)c34)ncc12)[C@@H]1CCN(C(=O)C=Cc2ncncc2F)C1. The monoisotopic (exact) mass is 714 g/mol. The number of amides is 1. The quantitative estimate of drug-likeness (QED) is 0.172. The Morgan fingerprint density at radius 2 is 1.96 bits per heavy atom. The number of carbonyl (C=O) groups excluding carboxylic acids is 1. The molecule has 3 aliphatic rings. The van der Waals surface area contributed by atoms with Crippen LogP contribution >= 0.6 is 11.6 Å². The van der Waals surface area contributed by atoms with Crippen molar-refractivity contribution in [1.29, 1.82) is 0 Å². The van der Waals surface area contributed by atoms with Gasteiger partial charge in [0.05, 0.1) is 17.1 Å². The summed E-state index contributed by atoms with van der Waals surface area (Å²) in [5.74, 6) is -1.19. The number of hydrogen-bond acceptors (Lipinski definition) is 9. The number of hydrogen-bond donors (Lipinski definition) is 0. The van der Waals surface area contributed by atoms with Crippen molar-refractivity contribution >= 4 is 51.1 Å². The molecule has 6 heterocycles. The van der Waals surface area contributed by atoms with Crippen molar-refractivity contribution in [1.82, 2.24) is 34.7 Å². The minimum Gasteiger partial charge on any atom is -0.461 e. The highest BCUT2D eigenvalue weighted by Gasteiger charge is 2.49. The summed E-state index contributed by atoms with van der Waals surface area (Å²) in [4.78, 5) is 40.2. The van der Waals surface area contributed by atoms with Gasteiger partial charge in [-0.25, -0.2) is 23.1 Å². The number of fused-ring (bicyclic) bond motifs is 3. The lowest BCUT2D eigenvalue weighted by Crippen LogP contribution is -2.43. The maximum Gasteiger partial charge on any atom is 0.319 e. The first-order valence-electron chi connectivity index (χ1n) is 16.9. The number of likely N-dealkylation sites (tertiary alicyclic amines) is 1. The van der Waals surface area contributed by atoms with Gasteiger partial charge in [-0.05, 0) is 43.3 Å². The smallest absolute Gasteiger partial charge is 0.319 e. The molecule has 3 aromatic heterocycles. The van der Waals surface area contributed by atoms with Gasteiger partial charge in [0.15, 0.2) is 11.6 Å². The van der Waals surface area contributed by atoms with E-state index in [1.807, 2.05) is 36.2 Å². The fourth-order valence-electron chi connectivity index (χ4n) is 7.81. The Kier molecular flexibility index (Phi) is 8.71. The van der Waals surface area contributed by atoms with Crippen LogP contribution in [0.3, 0.4) is 0 Å². The van der Waals surface area contributed by atoms with E-state index in [1.54, 1.807) is 23.2 Å². The van der Waals surface area contributed by atoms with Gasteiger partial charge < -0.3 is 14.5 Å². The molecule has 0 bridgehead atoms. The second-order valence-corrected chi connectivity index (χ2v) is 13.9. The molecule has 1 amide bonds. The van der Waals surface area contributed by atoms with Crippen LogP contribution in [0.25, 0.3) is 39.0 Å². The molecule has 262 valence electrons. The molecule has 5 aromatic rings. The summed E-state index contributed by atoms with van der Waals surface area (Å²) in [5.41, 5.74) is 0.187. The van der Waals surface area contributed by atoms with E-state index < -0.39 is 23.3 Å². The normalized spacial score (nSPS) is 22.0. The zero-order valence-electron chi connectivity index (χ0n) is 27.8. The lowest BCUT2D eigenvalue weighted by molar-refractivity contribution is -0.124. The molecule has 51 heavy (non-hydrogen) atoms. The Balaban J connectivity index is 1.14. The van der Waals surface area contributed by atoms with Crippen LogP contribution < -0.4 is 9.64 Å². The van der Waals surface area contributed by atoms with Crippen LogP contribution in [-0.2, 0) is 4.79 Å². The number of rotatable bonds is 8. The molecular formula is C37H34ClF3N8O2. The molecule has 14 heteroatoms. The number of benzene rings is 2. The van der Waals surface area contributed by atoms with Gasteiger partial charge in [0, 0.05) is 67.4 Å². The Hall–Kier alpha value is -4.88. The summed E-state index contributed by atoms with van der Waals surface area (Å²) >= 11 is 6.61. The third-order valence-electron chi connectivity index (χ3n) is 10.4. The number of halogens is 4. The minimum atomic E-state index is -0.936. The summed E-state index contributed by atoms with van der Waals surface area (Å²) in [7, 11) is 1.83. The van der Waals surface area contributed by atoms with Gasteiger partial charge >= 0.3 is 6.01 Å². The topological polar surface area (TPSA) is 100 Å². The zero-order chi connectivity index (χ0) is 35.3. The highest BCUT2D eigenvalue weighted by molar-refractivity contribution is 6.36. The predicted molar refractivity (Wildman–Crippen MR) is 188 cm³/mol. The van der Waals surface area contributed by atoms with E-state index in [9.17, 15) is 13.6 Å². The largest absolute Gasteiger partial charge is 0.461 e. The molecular weight excluding hydrogens is 681 g/mol. The van der Waals surface area contributed by atoms with Crippen molar-refractivity contribution in [2.45, 2.75) is 43.4 Å². The first-order chi connectivity index (χ1) is 24.7. The summed E-state index contributed by atoms with van der Waals surface area (Å²) in [6, 6.07) is 10.8. The first-order valence-corrected chi connectivity index (χ1v) is 17.3. The number of nitrogens with zero attached hydrogens (tertiary/aromatic N) is 8. The minimum absolute atomic E-state index is 0.0192. The van der Waals surface area contributed by atoms with Crippen LogP contribution in [0.1, 0.15) is 31.4 Å². The van der Waals surface area contributed by atoms with Crippen LogP contribution in [0, 0.1) is 11.6 Å². The van der Waals surface area contributed by atoms with Crippen LogP contribution in [-0.4, -0.2) is 98.2 Å². The van der Waals surface area contributed by atoms with E-state index in [2.05, 4.69) is 24.8 Å². The predicted octanol–water partition coefficient (Wildman–Crippen LogP) is 6.27. The van der Waals surface area contributed by atoms with Crippen LogP contribution in [0.4, 0.5) is 19.0 Å². The van der Waals surface area contributed by atoms with Crippen molar-refractivity contribution < 1.29 is 22.7 Å². The van der Waals surface area contributed by atoms with E-state index in [4.69, 9.17) is 21.3 Å². The number of ether oxygens (including phenoxy) is 1. The highest BCUT2D eigenvalue weighted by Crippen LogP contribution is 2.41.